The molecule has 1 unspecified atom stereocenters. The van der Waals surface area contributed by atoms with Gasteiger partial charge in [0.25, 0.3) is 0 Å². The summed E-state index contributed by atoms with van der Waals surface area (Å²) in [6.45, 7) is -0.535. The van der Waals surface area contributed by atoms with E-state index in [2.05, 4.69) is 4.52 Å². The maximum absolute atomic E-state index is 13.2. The molecule has 0 rings (SSSR count). The maximum atomic E-state index is 13.2. The van der Waals surface area contributed by atoms with Crippen LogP contribution in [0.3, 0.4) is 0 Å². The second kappa shape index (κ2) is 6.38. The molecule has 0 spiro atoms. The van der Waals surface area contributed by atoms with Crippen LogP contribution in [0, 0.1) is 0 Å². The van der Waals surface area contributed by atoms with Crippen molar-refractivity contribution in [1.82, 2.24) is 0 Å². The van der Waals surface area contributed by atoms with Crippen LogP contribution in [-0.2, 0) is 9.09 Å². The largest absolute Gasteiger partial charge is 0.790 e. The lowest BCUT2D eigenvalue weighted by molar-refractivity contribution is -0.444. The third-order valence-electron chi connectivity index (χ3n) is 2.76. The summed E-state index contributed by atoms with van der Waals surface area (Å²) in [7, 11) is -6.61. The standard InChI is InChI=1S/C8H6F13O4P/c1-2(25-26(22,23)24)3(9,10)4(11,12)5(13,14)6(15,16)7(17,18)8(19,20)21/h2H,1H3,(H2,22,23,24)/p-2. The van der Waals surface area contributed by atoms with Crippen LogP contribution in [0.15, 0.2) is 0 Å². The summed E-state index contributed by atoms with van der Waals surface area (Å²) in [5.41, 5.74) is 0. The van der Waals surface area contributed by atoms with Crippen molar-refractivity contribution in [3.63, 3.8) is 0 Å². The molecule has 1 atom stereocenters. The zero-order valence-corrected chi connectivity index (χ0v) is 12.5. The lowest BCUT2D eigenvalue weighted by atomic mass is 9.92. The number of alkyl halides is 13. The Morgan fingerprint density at radius 2 is 1.00 bits per heavy atom. The zero-order valence-electron chi connectivity index (χ0n) is 11.6. The van der Waals surface area contributed by atoms with Gasteiger partial charge in [0.15, 0.2) is 0 Å². The van der Waals surface area contributed by atoms with Crippen molar-refractivity contribution in [1.29, 1.82) is 0 Å². The molecule has 0 aliphatic heterocycles. The molecule has 0 aliphatic carbocycles. The van der Waals surface area contributed by atoms with Gasteiger partial charge in [-0.25, -0.2) is 0 Å². The summed E-state index contributed by atoms with van der Waals surface area (Å²) in [5.74, 6) is -38.7. The molecular formula is C8H4F13O4P-2. The van der Waals surface area contributed by atoms with Gasteiger partial charge in [-0.1, -0.05) is 0 Å². The lowest BCUT2D eigenvalue weighted by Gasteiger charge is -2.42. The number of rotatable bonds is 7. The van der Waals surface area contributed by atoms with Crippen molar-refractivity contribution >= 4 is 7.82 Å². The Bertz CT molecular complexity index is 565. The van der Waals surface area contributed by atoms with Gasteiger partial charge in [0, 0.05) is 0 Å². The molecule has 0 radical (unpaired) electrons. The predicted octanol–water partition coefficient (Wildman–Crippen LogP) is 2.96. The first kappa shape index (κ1) is 25.2. The van der Waals surface area contributed by atoms with Gasteiger partial charge < -0.3 is 18.9 Å². The molecule has 0 N–H and O–H groups in total. The Kier molecular flexibility index (Phi) is 6.18. The Morgan fingerprint density at radius 3 is 1.27 bits per heavy atom. The van der Waals surface area contributed by atoms with E-state index >= 15 is 0 Å². The van der Waals surface area contributed by atoms with Crippen molar-refractivity contribution in [3.05, 3.63) is 0 Å². The number of phosphoric ester groups is 1. The minimum absolute atomic E-state index is 0.535. The van der Waals surface area contributed by atoms with Gasteiger partial charge in [0.05, 0.1) is 7.82 Å². The summed E-state index contributed by atoms with van der Waals surface area (Å²) in [5, 5.41) is 0. The van der Waals surface area contributed by atoms with E-state index < -0.39 is 56.6 Å². The van der Waals surface area contributed by atoms with Gasteiger partial charge in [-0.2, -0.15) is 57.1 Å². The van der Waals surface area contributed by atoms with E-state index in [0.29, 0.717) is 0 Å². The van der Waals surface area contributed by atoms with E-state index in [0.717, 1.165) is 0 Å². The summed E-state index contributed by atoms with van der Waals surface area (Å²) in [6.07, 6.45) is -11.7. The number of halogens is 13. The molecule has 0 aliphatic rings. The van der Waals surface area contributed by atoms with Gasteiger partial charge in [0.2, 0.25) is 0 Å². The van der Waals surface area contributed by atoms with Gasteiger partial charge in [-0.3, -0.25) is 0 Å². The Hall–Kier alpha value is -0.800. The van der Waals surface area contributed by atoms with Crippen LogP contribution in [0.25, 0.3) is 0 Å². The van der Waals surface area contributed by atoms with E-state index in [1.807, 2.05) is 0 Å². The topological polar surface area (TPSA) is 72.4 Å². The molecule has 26 heavy (non-hydrogen) atoms. The highest BCUT2D eigenvalue weighted by Crippen LogP contribution is 2.61. The summed E-state index contributed by atoms with van der Waals surface area (Å²) >= 11 is 0. The number of hydrogen-bond donors (Lipinski definition) is 0. The second-order valence-corrected chi connectivity index (χ2v) is 5.72. The van der Waals surface area contributed by atoms with Crippen molar-refractivity contribution in [2.45, 2.75) is 48.8 Å². The van der Waals surface area contributed by atoms with E-state index in [4.69, 9.17) is 0 Å². The van der Waals surface area contributed by atoms with Gasteiger partial charge in [-0.15, -0.1) is 0 Å². The van der Waals surface area contributed by atoms with Crippen LogP contribution >= 0.6 is 7.82 Å². The van der Waals surface area contributed by atoms with E-state index in [-0.39, 0.29) is 0 Å². The second-order valence-electron chi connectivity index (χ2n) is 4.61. The quantitative estimate of drug-likeness (QED) is 0.449. The van der Waals surface area contributed by atoms with Gasteiger partial charge in [-0.05, 0) is 6.92 Å². The highest BCUT2D eigenvalue weighted by Gasteiger charge is 2.91. The molecule has 0 saturated heterocycles. The zero-order chi connectivity index (χ0) is 21.8. The molecule has 158 valence electrons. The monoisotopic (exact) mass is 442 g/mol. The van der Waals surface area contributed by atoms with Crippen LogP contribution < -0.4 is 9.79 Å². The fraction of sp³-hybridized carbons (Fsp3) is 1.00. The predicted molar refractivity (Wildman–Crippen MR) is 48.9 cm³/mol. The smallest absolute Gasteiger partial charge is 0.460 e. The first-order chi connectivity index (χ1) is 10.9. The summed E-state index contributed by atoms with van der Waals surface area (Å²) in [6, 6.07) is 0. The molecule has 0 bridgehead atoms. The van der Waals surface area contributed by atoms with Crippen molar-refractivity contribution < 1.29 is 76.0 Å². The fourth-order valence-electron chi connectivity index (χ4n) is 1.30. The summed E-state index contributed by atoms with van der Waals surface area (Å²) < 4.78 is 178. The molecule has 0 saturated carbocycles. The summed E-state index contributed by atoms with van der Waals surface area (Å²) in [4.78, 5) is 20.0. The van der Waals surface area contributed by atoms with Crippen molar-refractivity contribution in [2.24, 2.45) is 0 Å². The minimum Gasteiger partial charge on any atom is -0.790 e. The highest BCUT2D eigenvalue weighted by atomic mass is 31.2. The lowest BCUT2D eigenvalue weighted by Crippen LogP contribution is -2.71. The van der Waals surface area contributed by atoms with Crippen molar-refractivity contribution in [3.8, 4) is 0 Å². The normalized spacial score (nSPS) is 17.4. The van der Waals surface area contributed by atoms with Crippen LogP contribution in [0.2, 0.25) is 0 Å². The van der Waals surface area contributed by atoms with Crippen LogP contribution in [0.1, 0.15) is 6.92 Å². The molecule has 0 aromatic heterocycles. The molecule has 0 heterocycles. The fourth-order valence-corrected chi connectivity index (χ4v) is 1.82. The molecule has 18 heteroatoms. The molecule has 0 amide bonds. The SMILES string of the molecule is CC(OP(=O)([O-])[O-])C(F)(F)C(F)(F)C(F)(F)C(F)(F)C(F)(F)C(F)(F)F. The highest BCUT2D eigenvalue weighted by molar-refractivity contribution is 7.43. The Balaban J connectivity index is 6.28. The number of phosphoric acid groups is 1. The van der Waals surface area contributed by atoms with Crippen LogP contribution in [0.5, 0.6) is 0 Å². The molecule has 0 aromatic carbocycles. The third kappa shape index (κ3) is 3.75. The molecule has 4 nitrogen and oxygen atoms in total. The average molecular weight is 442 g/mol. The van der Waals surface area contributed by atoms with Gasteiger partial charge >= 0.3 is 35.8 Å². The minimum atomic E-state index is -8.12. The van der Waals surface area contributed by atoms with Crippen LogP contribution in [0.4, 0.5) is 57.1 Å². The molecular weight excluding hydrogens is 438 g/mol. The van der Waals surface area contributed by atoms with Crippen LogP contribution in [-0.4, -0.2) is 41.9 Å². The molecule has 0 aromatic rings. The first-order valence-electron chi connectivity index (χ1n) is 5.54. The Morgan fingerprint density at radius 1 is 0.692 bits per heavy atom. The van der Waals surface area contributed by atoms with Gasteiger partial charge in [0.1, 0.15) is 6.10 Å². The number of hydrogen-bond acceptors (Lipinski definition) is 4. The van der Waals surface area contributed by atoms with Crippen molar-refractivity contribution in [2.75, 3.05) is 0 Å². The third-order valence-corrected chi connectivity index (χ3v) is 3.33. The van der Waals surface area contributed by atoms with E-state index in [1.54, 1.807) is 0 Å². The molecule has 0 fully saturated rings. The first-order valence-corrected chi connectivity index (χ1v) is 7.00. The maximum Gasteiger partial charge on any atom is 0.460 e. The van der Waals surface area contributed by atoms with E-state index in [9.17, 15) is 71.4 Å². The Labute approximate surface area is 134 Å². The van der Waals surface area contributed by atoms with E-state index in [1.165, 1.54) is 0 Å². The average Bonchev–Trinajstić information content (AvgIpc) is 2.34.